The Morgan fingerprint density at radius 2 is 1.69 bits per heavy atom. The second-order valence-corrected chi connectivity index (χ2v) is 5.70. The van der Waals surface area contributed by atoms with E-state index < -0.39 is 34.3 Å². The first-order chi connectivity index (χ1) is 12.1. The van der Waals surface area contributed by atoms with Crippen LogP contribution in [0.25, 0.3) is 0 Å². The molecular weight excluding hydrogens is 352 g/mol. The number of ketones is 1. The van der Waals surface area contributed by atoms with Gasteiger partial charge >= 0.3 is 11.8 Å². The van der Waals surface area contributed by atoms with Crippen molar-refractivity contribution in [2.45, 2.75) is 18.8 Å². The van der Waals surface area contributed by atoms with Crippen LogP contribution in [0.2, 0.25) is 0 Å². The number of aryl methyl sites for hydroxylation is 1. The normalized spacial score (nSPS) is 16.5. The monoisotopic (exact) mass is 360 g/mol. The molecule has 8 heteroatoms. The van der Waals surface area contributed by atoms with Crippen molar-refractivity contribution in [1.82, 2.24) is 0 Å². The third kappa shape index (κ3) is 2.31. The Hall–Kier alpha value is -3.39. The molecule has 0 saturated heterocycles. The number of hydrogen-bond donors (Lipinski definition) is 0. The number of rotatable bonds is 2. The number of alkyl halides is 4. The van der Waals surface area contributed by atoms with E-state index in [0.717, 1.165) is 6.07 Å². The van der Waals surface area contributed by atoms with Crippen molar-refractivity contribution in [2.75, 3.05) is 0 Å². The van der Waals surface area contributed by atoms with E-state index in [9.17, 15) is 27.6 Å². The van der Waals surface area contributed by atoms with Gasteiger partial charge in [-0.25, -0.2) is 0 Å². The molecule has 0 unspecified atom stereocenters. The van der Waals surface area contributed by atoms with Crippen molar-refractivity contribution in [1.29, 1.82) is 10.5 Å². The van der Waals surface area contributed by atoms with Gasteiger partial charge in [-0.2, -0.15) is 28.1 Å². The van der Waals surface area contributed by atoms with E-state index in [1.807, 2.05) is 6.07 Å². The second-order valence-electron chi connectivity index (χ2n) is 5.70. The molecule has 4 nitrogen and oxygen atoms in total. The second kappa shape index (κ2) is 5.57. The number of benzene rings is 2. The highest BCUT2D eigenvalue weighted by Crippen LogP contribution is 2.53. The Bertz CT molecular complexity index is 1030. The molecule has 0 radical (unpaired) electrons. The first-order valence-corrected chi connectivity index (χ1v) is 7.21. The lowest BCUT2D eigenvalue weighted by Crippen LogP contribution is -2.38. The number of fused-ring (bicyclic) bond motifs is 1. The summed E-state index contributed by atoms with van der Waals surface area (Å²) in [5, 5.41) is 18.2. The van der Waals surface area contributed by atoms with Gasteiger partial charge in [-0.3, -0.25) is 4.79 Å². The molecule has 2 aromatic carbocycles. The molecule has 0 aromatic heterocycles. The van der Waals surface area contributed by atoms with Crippen LogP contribution in [0.3, 0.4) is 0 Å². The quantitative estimate of drug-likeness (QED) is 0.742. The summed E-state index contributed by atoms with van der Waals surface area (Å²) in [5.74, 6) is -12.0. The largest absolute Gasteiger partial charge is 0.456 e. The lowest BCUT2D eigenvalue weighted by Gasteiger charge is -2.17. The molecule has 0 saturated carbocycles. The van der Waals surface area contributed by atoms with E-state index >= 15 is 0 Å². The van der Waals surface area contributed by atoms with Gasteiger partial charge in [-0.1, -0.05) is 0 Å². The van der Waals surface area contributed by atoms with E-state index in [1.54, 1.807) is 13.0 Å². The number of nitriles is 2. The first kappa shape index (κ1) is 17.4. The number of carbonyl (C=O) groups is 1. The van der Waals surface area contributed by atoms with Crippen LogP contribution in [0, 0.1) is 29.6 Å². The van der Waals surface area contributed by atoms with Gasteiger partial charge < -0.3 is 4.74 Å². The summed E-state index contributed by atoms with van der Waals surface area (Å²) in [4.78, 5) is 11.8. The highest BCUT2D eigenvalue weighted by atomic mass is 19.3. The molecule has 3 rings (SSSR count). The molecule has 0 spiro atoms. The molecular formula is C18H8F4N2O2. The van der Waals surface area contributed by atoms with E-state index in [1.165, 1.54) is 18.2 Å². The van der Waals surface area contributed by atoms with Crippen LogP contribution in [-0.4, -0.2) is 11.7 Å². The number of ether oxygens (including phenoxy) is 1. The third-order valence-electron chi connectivity index (χ3n) is 3.93. The maximum atomic E-state index is 13.8. The fourth-order valence-electron chi connectivity index (χ4n) is 2.74. The van der Waals surface area contributed by atoms with E-state index in [-0.39, 0.29) is 17.1 Å². The summed E-state index contributed by atoms with van der Waals surface area (Å²) in [5.41, 5.74) is -2.07. The number of hydrogen-bond acceptors (Lipinski definition) is 4. The van der Waals surface area contributed by atoms with Gasteiger partial charge in [-0.05, 0) is 42.8 Å². The van der Waals surface area contributed by atoms with Crippen molar-refractivity contribution < 1.29 is 27.1 Å². The predicted molar refractivity (Wildman–Crippen MR) is 80.3 cm³/mol. The molecule has 0 aliphatic heterocycles. The van der Waals surface area contributed by atoms with E-state index in [2.05, 4.69) is 0 Å². The van der Waals surface area contributed by atoms with Crippen LogP contribution in [0.4, 0.5) is 17.6 Å². The summed E-state index contributed by atoms with van der Waals surface area (Å²) in [6.45, 7) is 1.67. The standard InChI is InChI=1S/C18H8F4N2O2/c1-9-4-10(7-23)6-11(5-9)26-14-3-2-13-15(12(14)8-24)16(25)18(21,22)17(13,19)20/h2-6H,1H3. The molecule has 0 amide bonds. The van der Waals surface area contributed by atoms with Gasteiger partial charge in [0.25, 0.3) is 0 Å². The Morgan fingerprint density at radius 3 is 2.31 bits per heavy atom. The van der Waals surface area contributed by atoms with Crippen LogP contribution >= 0.6 is 0 Å². The topological polar surface area (TPSA) is 73.9 Å². The summed E-state index contributed by atoms with van der Waals surface area (Å²) in [7, 11) is 0. The van der Waals surface area contributed by atoms with Crippen molar-refractivity contribution in [3.05, 3.63) is 58.1 Å². The molecule has 1 aliphatic rings. The minimum Gasteiger partial charge on any atom is -0.456 e. The van der Waals surface area contributed by atoms with Crippen molar-refractivity contribution >= 4 is 5.78 Å². The Labute approximate surface area is 144 Å². The smallest absolute Gasteiger partial charge is 0.376 e. The zero-order valence-corrected chi connectivity index (χ0v) is 13.1. The van der Waals surface area contributed by atoms with Crippen LogP contribution in [-0.2, 0) is 5.92 Å². The SMILES string of the molecule is Cc1cc(C#N)cc(Oc2ccc3c(c2C#N)C(=O)C(F)(F)C3(F)F)c1. The lowest BCUT2D eigenvalue weighted by molar-refractivity contribution is -0.176. The summed E-state index contributed by atoms with van der Waals surface area (Å²) in [6, 6.07) is 9.34. The first-order valence-electron chi connectivity index (χ1n) is 7.21. The third-order valence-corrected chi connectivity index (χ3v) is 3.93. The van der Waals surface area contributed by atoms with Gasteiger partial charge in [0.2, 0.25) is 5.78 Å². The maximum absolute atomic E-state index is 13.8. The molecule has 130 valence electrons. The van der Waals surface area contributed by atoms with Crippen molar-refractivity contribution in [3.8, 4) is 23.6 Å². The van der Waals surface area contributed by atoms with Crippen LogP contribution in [0.1, 0.15) is 32.6 Å². The Balaban J connectivity index is 2.16. The molecule has 0 bridgehead atoms. The van der Waals surface area contributed by atoms with E-state index in [0.29, 0.717) is 11.6 Å². The fourth-order valence-corrected chi connectivity index (χ4v) is 2.74. The molecule has 0 N–H and O–H groups in total. The van der Waals surface area contributed by atoms with Gasteiger partial charge in [0.1, 0.15) is 23.1 Å². The van der Waals surface area contributed by atoms with Crippen molar-refractivity contribution in [2.24, 2.45) is 0 Å². The predicted octanol–water partition coefficient (Wildman–Crippen LogP) is 4.45. The van der Waals surface area contributed by atoms with E-state index in [4.69, 9.17) is 10.00 Å². The van der Waals surface area contributed by atoms with Gasteiger partial charge in [0.05, 0.1) is 17.2 Å². The van der Waals surface area contributed by atoms with Gasteiger partial charge in [0.15, 0.2) is 0 Å². The number of Topliss-reactive ketones (excluding diaryl/α,β-unsaturated/α-hetero) is 1. The molecule has 26 heavy (non-hydrogen) atoms. The minimum atomic E-state index is -4.93. The molecule has 0 fully saturated rings. The van der Waals surface area contributed by atoms with Crippen LogP contribution in [0.15, 0.2) is 30.3 Å². The fraction of sp³-hybridized carbons (Fsp3) is 0.167. The van der Waals surface area contributed by atoms with Crippen LogP contribution in [0.5, 0.6) is 11.5 Å². The molecule has 0 heterocycles. The van der Waals surface area contributed by atoms with Crippen LogP contribution < -0.4 is 4.74 Å². The zero-order valence-electron chi connectivity index (χ0n) is 13.1. The average molecular weight is 360 g/mol. The average Bonchev–Trinajstić information content (AvgIpc) is 2.72. The highest BCUT2D eigenvalue weighted by Gasteiger charge is 2.69. The summed E-state index contributed by atoms with van der Waals surface area (Å²) >= 11 is 0. The summed E-state index contributed by atoms with van der Waals surface area (Å²) < 4.78 is 60.4. The van der Waals surface area contributed by atoms with Crippen molar-refractivity contribution in [3.63, 3.8) is 0 Å². The summed E-state index contributed by atoms with van der Waals surface area (Å²) in [6.07, 6.45) is 0. The van der Waals surface area contributed by atoms with Gasteiger partial charge in [0, 0.05) is 5.56 Å². The Morgan fingerprint density at radius 1 is 1.00 bits per heavy atom. The van der Waals surface area contributed by atoms with Gasteiger partial charge in [-0.15, -0.1) is 0 Å². The molecule has 1 aliphatic carbocycles. The number of halogens is 4. The lowest BCUT2D eigenvalue weighted by atomic mass is 10.0. The highest BCUT2D eigenvalue weighted by molar-refractivity contribution is 6.09. The minimum absolute atomic E-state index is 0.0990. The maximum Gasteiger partial charge on any atom is 0.376 e. The number of carbonyl (C=O) groups excluding carboxylic acids is 1. The molecule has 2 aromatic rings. The Kier molecular flexibility index (Phi) is 3.73. The number of nitrogens with zero attached hydrogens (tertiary/aromatic N) is 2. The zero-order chi connectivity index (χ0) is 19.3. The molecule has 0 atom stereocenters.